The van der Waals surface area contributed by atoms with Gasteiger partial charge in [-0.05, 0) is 31.2 Å². The van der Waals surface area contributed by atoms with Gasteiger partial charge in [-0.25, -0.2) is 0 Å². The van der Waals surface area contributed by atoms with Crippen molar-refractivity contribution in [1.29, 1.82) is 0 Å². The number of rotatable bonds is 9. The second kappa shape index (κ2) is 10.2. The molecule has 0 aromatic heterocycles. The van der Waals surface area contributed by atoms with Crippen molar-refractivity contribution >= 4 is 47.0 Å². The van der Waals surface area contributed by atoms with Gasteiger partial charge >= 0.3 is 5.97 Å². The number of amides is 2. The number of benzene rings is 1. The van der Waals surface area contributed by atoms with Crippen LogP contribution in [0.5, 0.6) is 0 Å². The van der Waals surface area contributed by atoms with Crippen LogP contribution in [0.1, 0.15) is 13.8 Å². The van der Waals surface area contributed by atoms with Crippen LogP contribution in [0.3, 0.4) is 0 Å². The van der Waals surface area contributed by atoms with Crippen LogP contribution < -0.4 is 10.6 Å². The Hall–Kier alpha value is -1.67. The fraction of sp³-hybridized carbons (Fsp3) is 0.400. The number of nitrogens with one attached hydrogen (secondary N) is 2. The first-order valence-electron chi connectivity index (χ1n) is 7.00. The monoisotopic (exact) mass is 356 g/mol. The van der Waals surface area contributed by atoms with Crippen LogP contribution in [0.25, 0.3) is 0 Å². The molecule has 0 saturated heterocycles. The molecule has 1 unspecified atom stereocenters. The van der Waals surface area contributed by atoms with Gasteiger partial charge in [0.1, 0.15) is 0 Å². The van der Waals surface area contributed by atoms with Gasteiger partial charge in [0.2, 0.25) is 11.8 Å². The maximum Gasteiger partial charge on any atom is 0.313 e. The molecular weight excluding hydrogens is 336 g/mol. The maximum atomic E-state index is 11.9. The molecule has 3 N–H and O–H groups in total. The Morgan fingerprint density at radius 3 is 2.43 bits per heavy atom. The Labute approximate surface area is 143 Å². The fourth-order valence-electron chi connectivity index (χ4n) is 1.63. The van der Waals surface area contributed by atoms with Crippen molar-refractivity contribution in [2.24, 2.45) is 0 Å². The van der Waals surface area contributed by atoms with E-state index in [1.807, 2.05) is 19.1 Å². The lowest BCUT2D eigenvalue weighted by Gasteiger charge is -2.12. The summed E-state index contributed by atoms with van der Waals surface area (Å²) in [7, 11) is 0. The van der Waals surface area contributed by atoms with Crippen molar-refractivity contribution < 1.29 is 19.5 Å². The number of aliphatic carboxylic acids is 1. The first-order valence-corrected chi connectivity index (χ1v) is 9.03. The van der Waals surface area contributed by atoms with Crippen molar-refractivity contribution in [3.05, 3.63) is 24.3 Å². The molecule has 0 bridgehead atoms. The van der Waals surface area contributed by atoms with Gasteiger partial charge in [-0.3, -0.25) is 14.4 Å². The van der Waals surface area contributed by atoms with E-state index in [0.29, 0.717) is 12.3 Å². The number of anilines is 1. The summed E-state index contributed by atoms with van der Waals surface area (Å²) in [5.74, 6) is -0.453. The molecule has 1 rings (SSSR count). The molecule has 0 heterocycles. The van der Waals surface area contributed by atoms with Crippen molar-refractivity contribution in [1.82, 2.24) is 5.32 Å². The largest absolute Gasteiger partial charge is 0.481 e. The van der Waals surface area contributed by atoms with E-state index in [1.54, 1.807) is 12.1 Å². The molecule has 0 radical (unpaired) electrons. The maximum absolute atomic E-state index is 11.9. The normalized spacial score (nSPS) is 11.6. The van der Waals surface area contributed by atoms with Gasteiger partial charge in [-0.1, -0.05) is 0 Å². The highest BCUT2D eigenvalue weighted by molar-refractivity contribution is 8.00. The number of hydrogen-bond acceptors (Lipinski definition) is 5. The molecule has 1 aromatic carbocycles. The Kier molecular flexibility index (Phi) is 8.57. The average Bonchev–Trinajstić information content (AvgIpc) is 2.47. The number of carboxylic acid groups (broad SMARTS) is 1. The first-order chi connectivity index (χ1) is 10.9. The quantitative estimate of drug-likeness (QED) is 0.463. The van der Waals surface area contributed by atoms with E-state index in [-0.39, 0.29) is 22.8 Å². The van der Waals surface area contributed by atoms with Crippen LogP contribution in [-0.2, 0) is 14.4 Å². The Bertz CT molecular complexity index is 549. The third-order valence-corrected chi connectivity index (χ3v) is 4.68. The van der Waals surface area contributed by atoms with Crippen molar-refractivity contribution in [2.75, 3.05) is 23.4 Å². The number of thioether (sulfide) groups is 2. The molecule has 1 aromatic rings. The van der Waals surface area contributed by atoms with E-state index < -0.39 is 5.97 Å². The Balaban J connectivity index is 2.33. The molecule has 0 spiro atoms. The Morgan fingerprint density at radius 1 is 1.22 bits per heavy atom. The SMILES string of the molecule is CC(=O)Nc1ccc(SC(C)C(=O)NCCSCC(=O)O)cc1. The van der Waals surface area contributed by atoms with E-state index in [4.69, 9.17) is 5.11 Å². The van der Waals surface area contributed by atoms with Crippen molar-refractivity contribution in [3.8, 4) is 0 Å². The van der Waals surface area contributed by atoms with Crippen molar-refractivity contribution in [3.63, 3.8) is 0 Å². The predicted molar refractivity (Wildman–Crippen MR) is 94.0 cm³/mol. The van der Waals surface area contributed by atoms with Crippen molar-refractivity contribution in [2.45, 2.75) is 24.0 Å². The highest BCUT2D eigenvalue weighted by atomic mass is 32.2. The predicted octanol–water partition coefficient (Wildman–Crippen LogP) is 2.06. The highest BCUT2D eigenvalue weighted by Gasteiger charge is 2.13. The van der Waals surface area contributed by atoms with E-state index in [1.165, 1.54) is 30.4 Å². The lowest BCUT2D eigenvalue weighted by molar-refractivity contribution is -0.134. The molecule has 0 fully saturated rings. The second-order valence-corrected chi connectivity index (χ2v) is 7.22. The van der Waals surface area contributed by atoms with Crippen LogP contribution in [0.4, 0.5) is 5.69 Å². The van der Waals surface area contributed by atoms with Crippen LogP contribution in [0, 0.1) is 0 Å². The molecule has 0 aliphatic rings. The third-order valence-electron chi connectivity index (χ3n) is 2.63. The minimum absolute atomic E-state index is 0.0425. The molecule has 0 aliphatic carbocycles. The average molecular weight is 356 g/mol. The third kappa shape index (κ3) is 8.51. The Morgan fingerprint density at radius 2 is 1.87 bits per heavy atom. The van der Waals surface area contributed by atoms with Crippen LogP contribution in [-0.4, -0.2) is 46.2 Å². The van der Waals surface area contributed by atoms with Gasteiger partial charge in [0.05, 0.1) is 11.0 Å². The zero-order chi connectivity index (χ0) is 17.2. The molecule has 0 aliphatic heterocycles. The summed E-state index contributed by atoms with van der Waals surface area (Å²) in [5, 5.41) is 13.7. The van der Waals surface area contributed by atoms with Gasteiger partial charge in [-0.15, -0.1) is 23.5 Å². The minimum atomic E-state index is -0.854. The number of carboxylic acids is 1. The molecule has 126 valence electrons. The summed E-state index contributed by atoms with van der Waals surface area (Å²) < 4.78 is 0. The van der Waals surface area contributed by atoms with E-state index >= 15 is 0 Å². The molecule has 0 saturated carbocycles. The van der Waals surface area contributed by atoms with Crippen LogP contribution >= 0.6 is 23.5 Å². The molecule has 1 atom stereocenters. The van der Waals surface area contributed by atoms with Gasteiger partial charge in [-0.2, -0.15) is 0 Å². The molecule has 23 heavy (non-hydrogen) atoms. The lowest BCUT2D eigenvalue weighted by atomic mass is 10.3. The molecular formula is C15H20N2O4S2. The van der Waals surface area contributed by atoms with Gasteiger partial charge in [0, 0.05) is 29.8 Å². The standard InChI is InChI=1S/C15H20N2O4S2/c1-10(15(21)16-7-8-22-9-14(19)20)23-13-5-3-12(4-6-13)17-11(2)18/h3-6,10H,7-9H2,1-2H3,(H,16,21)(H,17,18)(H,19,20). The van der Waals surface area contributed by atoms with Gasteiger partial charge in [0.15, 0.2) is 0 Å². The summed E-state index contributed by atoms with van der Waals surface area (Å²) >= 11 is 2.69. The summed E-state index contributed by atoms with van der Waals surface area (Å²) in [5.41, 5.74) is 0.717. The number of hydrogen-bond donors (Lipinski definition) is 3. The van der Waals surface area contributed by atoms with Crippen LogP contribution in [0.15, 0.2) is 29.2 Å². The molecule has 8 heteroatoms. The second-order valence-electron chi connectivity index (χ2n) is 4.70. The van der Waals surface area contributed by atoms with Gasteiger partial charge in [0.25, 0.3) is 0 Å². The zero-order valence-electron chi connectivity index (χ0n) is 13.0. The first kappa shape index (κ1) is 19.4. The van der Waals surface area contributed by atoms with E-state index in [9.17, 15) is 14.4 Å². The van der Waals surface area contributed by atoms with E-state index in [2.05, 4.69) is 10.6 Å². The molecule has 2 amide bonds. The molecule has 6 nitrogen and oxygen atoms in total. The summed E-state index contributed by atoms with van der Waals surface area (Å²) in [6, 6.07) is 7.28. The minimum Gasteiger partial charge on any atom is -0.481 e. The summed E-state index contributed by atoms with van der Waals surface area (Å²) in [6.07, 6.45) is 0. The van der Waals surface area contributed by atoms with E-state index in [0.717, 1.165) is 10.6 Å². The zero-order valence-corrected chi connectivity index (χ0v) is 14.6. The fourth-order valence-corrected chi connectivity index (χ4v) is 3.08. The highest BCUT2D eigenvalue weighted by Crippen LogP contribution is 2.24. The number of carbonyl (C=O) groups is 3. The summed E-state index contributed by atoms with van der Waals surface area (Å²) in [6.45, 7) is 3.71. The topological polar surface area (TPSA) is 95.5 Å². The lowest BCUT2D eigenvalue weighted by Crippen LogP contribution is -2.32. The smallest absolute Gasteiger partial charge is 0.313 e. The van der Waals surface area contributed by atoms with Gasteiger partial charge < -0.3 is 15.7 Å². The van der Waals surface area contributed by atoms with Crippen LogP contribution in [0.2, 0.25) is 0 Å². The number of carbonyl (C=O) groups excluding carboxylic acids is 2. The summed E-state index contributed by atoms with van der Waals surface area (Å²) in [4.78, 5) is 34.2.